The van der Waals surface area contributed by atoms with Crippen molar-refractivity contribution in [2.75, 3.05) is 19.6 Å². The van der Waals surface area contributed by atoms with Gasteiger partial charge < -0.3 is 58.1 Å². The van der Waals surface area contributed by atoms with E-state index < -0.39 is 114 Å². The highest BCUT2D eigenvalue weighted by molar-refractivity contribution is 5.98. The highest BCUT2D eigenvalue weighted by Crippen LogP contribution is 2.23. The molecule has 0 spiro atoms. The Bertz CT molecular complexity index is 1510. The number of carboxylic acid groups (broad SMARTS) is 2. The molecule has 11 N–H and O–H groups in total. The van der Waals surface area contributed by atoms with Crippen molar-refractivity contribution in [2.45, 2.75) is 161 Å². The maximum absolute atomic E-state index is 13.8. The minimum atomic E-state index is -1.44. The van der Waals surface area contributed by atoms with Crippen LogP contribution >= 0.6 is 0 Å². The van der Waals surface area contributed by atoms with E-state index in [1.54, 1.807) is 13.8 Å². The molecule has 2 heterocycles. The largest absolute Gasteiger partial charge is 0.481 e. The van der Waals surface area contributed by atoms with Crippen molar-refractivity contribution < 1.29 is 53.4 Å². The quantitative estimate of drug-likeness (QED) is 0.0524. The number of carbonyl (C=O) groups is 9. The average molecular weight is 838 g/mol. The molecule has 2 saturated heterocycles. The first-order valence-electron chi connectivity index (χ1n) is 20.8. The van der Waals surface area contributed by atoms with Crippen molar-refractivity contribution in [3.05, 3.63) is 0 Å². The van der Waals surface area contributed by atoms with Crippen LogP contribution in [0.1, 0.15) is 112 Å². The predicted octanol–water partition coefficient (Wildman–Crippen LogP) is -1.07. The van der Waals surface area contributed by atoms with E-state index in [0.29, 0.717) is 51.5 Å². The number of unbranched alkanes of at least 4 members (excludes halogenated alkanes) is 1. The molecule has 0 radical (unpaired) electrons. The fraction of sp³-hybridized carbons (Fsp3) is 0.769. The molecule has 334 valence electrons. The van der Waals surface area contributed by atoms with Crippen molar-refractivity contribution in [1.82, 2.24) is 36.4 Å². The van der Waals surface area contributed by atoms with Crippen molar-refractivity contribution >= 4 is 53.3 Å². The molecule has 2 fully saturated rings. The normalized spacial score (nSPS) is 20.0. The molecule has 20 heteroatoms. The Labute approximate surface area is 346 Å². The summed E-state index contributed by atoms with van der Waals surface area (Å²) in [5, 5.41) is 32.0. The van der Waals surface area contributed by atoms with Gasteiger partial charge in [-0.05, 0) is 90.0 Å². The van der Waals surface area contributed by atoms with Crippen LogP contribution in [0.3, 0.4) is 0 Å². The van der Waals surface area contributed by atoms with Gasteiger partial charge in [0.25, 0.3) is 0 Å². The maximum Gasteiger partial charge on any atom is 0.326 e. The summed E-state index contributed by atoms with van der Waals surface area (Å²) in [5.41, 5.74) is 11.2. The summed E-state index contributed by atoms with van der Waals surface area (Å²) < 4.78 is 0. The molecule has 59 heavy (non-hydrogen) atoms. The lowest BCUT2D eigenvalue weighted by Gasteiger charge is -2.32. The number of hydrogen-bond acceptors (Lipinski definition) is 11. The maximum atomic E-state index is 13.8. The third-order valence-corrected chi connectivity index (χ3v) is 10.8. The van der Waals surface area contributed by atoms with Crippen LogP contribution in [0.15, 0.2) is 0 Å². The first-order chi connectivity index (χ1) is 27.7. The van der Waals surface area contributed by atoms with Crippen LogP contribution in [0.25, 0.3) is 0 Å². The Balaban J connectivity index is 2.18. The topological polar surface area (TPSA) is 313 Å². The summed E-state index contributed by atoms with van der Waals surface area (Å²) in [5.74, 6) is -7.36. The number of amides is 7. The van der Waals surface area contributed by atoms with E-state index in [2.05, 4.69) is 26.6 Å². The van der Waals surface area contributed by atoms with Gasteiger partial charge in [-0.3, -0.25) is 38.4 Å². The number of rotatable bonds is 24. The molecule has 0 aliphatic carbocycles. The summed E-state index contributed by atoms with van der Waals surface area (Å²) in [4.78, 5) is 120. The van der Waals surface area contributed by atoms with Gasteiger partial charge in [-0.15, -0.1) is 0 Å². The molecular weight excluding hydrogens is 770 g/mol. The Morgan fingerprint density at radius 2 is 1.22 bits per heavy atom. The minimum absolute atomic E-state index is 0.0489. The monoisotopic (exact) mass is 837 g/mol. The number of nitrogens with zero attached hydrogens (tertiary/aromatic N) is 2. The molecule has 2 rings (SSSR count). The smallest absolute Gasteiger partial charge is 0.326 e. The van der Waals surface area contributed by atoms with Crippen LogP contribution in [0.4, 0.5) is 0 Å². The standard InChI is InChI=1S/C39H67N9O11/c1-7-22(4)31(36(55)43-25(15-16-30(49)50)33(52)44-26(39(58)59)12-8-9-17-40)46-35(54)29-14-10-18-47(29)37(56)24(6)42-34(53)28-13-11-19-48(28)38(57)27(20-21(2)3)45-32(51)23(5)41/h21-29,31H,7-20,40-41H2,1-6H3,(H,42,53)(H,43,55)(H,44,52)(H,45,51)(H,46,54)(H,49,50)(H,58,59)/t22-,23-,24-,25-,26-,27-,28-,29-,31-/m0/s1. The van der Waals surface area contributed by atoms with Crippen molar-refractivity contribution in [1.29, 1.82) is 0 Å². The van der Waals surface area contributed by atoms with E-state index in [1.807, 2.05) is 13.8 Å². The number of carboxylic acids is 2. The van der Waals surface area contributed by atoms with Gasteiger partial charge in [-0.2, -0.15) is 0 Å². The van der Waals surface area contributed by atoms with Gasteiger partial charge in [-0.1, -0.05) is 34.1 Å². The lowest BCUT2D eigenvalue weighted by molar-refractivity contribution is -0.144. The molecule has 0 saturated carbocycles. The lowest BCUT2D eigenvalue weighted by atomic mass is 9.96. The van der Waals surface area contributed by atoms with Crippen LogP contribution in [-0.4, -0.2) is 141 Å². The summed E-state index contributed by atoms with van der Waals surface area (Å²) in [7, 11) is 0. The van der Waals surface area contributed by atoms with E-state index >= 15 is 0 Å². The molecule has 0 aromatic rings. The molecule has 2 aliphatic heterocycles. The molecule has 7 amide bonds. The summed E-state index contributed by atoms with van der Waals surface area (Å²) >= 11 is 0. The van der Waals surface area contributed by atoms with Gasteiger partial charge in [0.2, 0.25) is 41.4 Å². The molecule has 0 bridgehead atoms. The number of nitrogens with two attached hydrogens (primary N) is 2. The number of carbonyl (C=O) groups excluding carboxylic acids is 7. The Kier molecular flexibility index (Phi) is 20.7. The Morgan fingerprint density at radius 3 is 1.73 bits per heavy atom. The molecule has 0 aromatic carbocycles. The fourth-order valence-corrected chi connectivity index (χ4v) is 7.19. The minimum Gasteiger partial charge on any atom is -0.481 e. The Hall–Kier alpha value is -4.85. The van der Waals surface area contributed by atoms with Gasteiger partial charge in [0, 0.05) is 19.5 Å². The first-order valence-corrected chi connectivity index (χ1v) is 20.8. The molecule has 0 unspecified atom stereocenters. The number of nitrogens with one attached hydrogen (secondary N) is 5. The van der Waals surface area contributed by atoms with Gasteiger partial charge >= 0.3 is 11.9 Å². The van der Waals surface area contributed by atoms with E-state index in [0.717, 1.165) is 0 Å². The van der Waals surface area contributed by atoms with Crippen molar-refractivity contribution in [3.8, 4) is 0 Å². The molecule has 9 atom stereocenters. The number of likely N-dealkylation sites (tertiary alicyclic amines) is 2. The Morgan fingerprint density at radius 1 is 0.678 bits per heavy atom. The van der Waals surface area contributed by atoms with E-state index in [9.17, 15) is 53.4 Å². The summed E-state index contributed by atoms with van der Waals surface area (Å²) in [6, 6.07) is -8.67. The second kappa shape index (κ2) is 24.3. The van der Waals surface area contributed by atoms with E-state index in [4.69, 9.17) is 11.5 Å². The third-order valence-electron chi connectivity index (χ3n) is 10.8. The van der Waals surface area contributed by atoms with E-state index in [1.165, 1.54) is 23.6 Å². The predicted molar refractivity (Wildman–Crippen MR) is 215 cm³/mol. The van der Waals surface area contributed by atoms with E-state index in [-0.39, 0.29) is 38.3 Å². The van der Waals surface area contributed by atoms with Gasteiger partial charge in [0.15, 0.2) is 0 Å². The molecular formula is C39H67N9O11. The first kappa shape index (κ1) is 50.3. The van der Waals surface area contributed by atoms with Crippen molar-refractivity contribution in [3.63, 3.8) is 0 Å². The summed E-state index contributed by atoms with van der Waals surface area (Å²) in [6.07, 6.45) is 2.44. The average Bonchev–Trinajstić information content (AvgIpc) is 3.87. The number of aliphatic carboxylic acids is 2. The summed E-state index contributed by atoms with van der Waals surface area (Å²) in [6.45, 7) is 11.1. The second-order valence-corrected chi connectivity index (χ2v) is 16.1. The molecule has 20 nitrogen and oxygen atoms in total. The van der Waals surface area contributed by atoms with Gasteiger partial charge in [-0.25, -0.2) is 4.79 Å². The zero-order valence-electron chi connectivity index (χ0n) is 35.3. The van der Waals surface area contributed by atoms with Crippen LogP contribution in [0.5, 0.6) is 0 Å². The lowest BCUT2D eigenvalue weighted by Crippen LogP contribution is -2.60. The van der Waals surface area contributed by atoms with Crippen LogP contribution < -0.4 is 38.1 Å². The zero-order valence-corrected chi connectivity index (χ0v) is 35.3. The highest BCUT2D eigenvalue weighted by atomic mass is 16.4. The van der Waals surface area contributed by atoms with Crippen LogP contribution in [-0.2, 0) is 43.2 Å². The fourth-order valence-electron chi connectivity index (χ4n) is 7.19. The molecule has 2 aliphatic rings. The SMILES string of the molecule is CC[C@H](C)[C@H](NC(=O)[C@@H]1CCCN1C(=O)[C@H](C)NC(=O)[C@@H]1CCCN1C(=O)[C@H](CC(C)C)NC(=O)[C@H](C)N)C(=O)N[C@@H](CCC(=O)O)C(=O)N[C@@H](CCCCN)C(=O)O. The van der Waals surface area contributed by atoms with Gasteiger partial charge in [0.1, 0.15) is 42.3 Å². The number of hydrogen-bond donors (Lipinski definition) is 9. The van der Waals surface area contributed by atoms with Crippen LogP contribution in [0.2, 0.25) is 0 Å². The third kappa shape index (κ3) is 15.4. The van der Waals surface area contributed by atoms with Gasteiger partial charge in [0.05, 0.1) is 6.04 Å². The second-order valence-electron chi connectivity index (χ2n) is 16.1. The van der Waals surface area contributed by atoms with Crippen molar-refractivity contribution in [2.24, 2.45) is 23.3 Å². The highest BCUT2D eigenvalue weighted by Gasteiger charge is 2.42. The molecule has 0 aromatic heterocycles. The van der Waals surface area contributed by atoms with Crippen LogP contribution in [0, 0.1) is 11.8 Å². The zero-order chi connectivity index (χ0) is 44.6.